The van der Waals surface area contributed by atoms with Gasteiger partial charge in [0, 0.05) is 19.2 Å². The molecule has 0 aromatic heterocycles. The van der Waals surface area contributed by atoms with Gasteiger partial charge < -0.3 is 15.8 Å². The van der Waals surface area contributed by atoms with E-state index in [0.29, 0.717) is 17.8 Å². The SMILES string of the molecule is CN(Cc1ccc(C(N)=NO)cc1)c1ccccc1F. The van der Waals surface area contributed by atoms with E-state index in [4.69, 9.17) is 10.9 Å². The van der Waals surface area contributed by atoms with Gasteiger partial charge >= 0.3 is 0 Å². The number of oxime groups is 1. The standard InChI is InChI=1S/C15H16FN3O/c1-19(14-5-3-2-4-13(14)16)10-11-6-8-12(9-7-11)15(17)18-20/h2-9,20H,10H2,1H3,(H2,17,18). The Kier molecular flexibility index (Phi) is 4.20. The second-order valence-electron chi connectivity index (χ2n) is 4.49. The predicted molar refractivity (Wildman–Crippen MR) is 77.5 cm³/mol. The van der Waals surface area contributed by atoms with E-state index in [1.165, 1.54) is 6.07 Å². The molecule has 0 unspecified atom stereocenters. The maximum absolute atomic E-state index is 13.7. The zero-order valence-corrected chi connectivity index (χ0v) is 11.1. The number of para-hydroxylation sites is 1. The third kappa shape index (κ3) is 3.06. The van der Waals surface area contributed by atoms with Crippen molar-refractivity contribution in [2.75, 3.05) is 11.9 Å². The van der Waals surface area contributed by atoms with Gasteiger partial charge in [-0.3, -0.25) is 0 Å². The first-order valence-corrected chi connectivity index (χ1v) is 6.14. The molecule has 2 aromatic carbocycles. The van der Waals surface area contributed by atoms with Crippen molar-refractivity contribution in [2.24, 2.45) is 10.9 Å². The van der Waals surface area contributed by atoms with Gasteiger partial charge in [0.05, 0.1) is 5.69 Å². The molecule has 104 valence electrons. The first-order valence-electron chi connectivity index (χ1n) is 6.14. The van der Waals surface area contributed by atoms with Crippen LogP contribution in [0.4, 0.5) is 10.1 Å². The highest BCUT2D eigenvalue weighted by atomic mass is 19.1. The molecule has 0 amide bonds. The molecule has 0 aliphatic heterocycles. The van der Waals surface area contributed by atoms with Crippen LogP contribution in [0.1, 0.15) is 11.1 Å². The van der Waals surface area contributed by atoms with Crippen LogP contribution in [0.3, 0.4) is 0 Å². The lowest BCUT2D eigenvalue weighted by atomic mass is 10.1. The minimum Gasteiger partial charge on any atom is -0.409 e. The monoisotopic (exact) mass is 273 g/mol. The minimum atomic E-state index is -0.247. The molecule has 20 heavy (non-hydrogen) atoms. The summed E-state index contributed by atoms with van der Waals surface area (Å²) in [7, 11) is 1.83. The smallest absolute Gasteiger partial charge is 0.170 e. The van der Waals surface area contributed by atoms with Crippen LogP contribution in [0.25, 0.3) is 0 Å². The van der Waals surface area contributed by atoms with Gasteiger partial charge in [-0.2, -0.15) is 0 Å². The molecule has 0 heterocycles. The van der Waals surface area contributed by atoms with E-state index in [1.807, 2.05) is 24.1 Å². The molecule has 0 fully saturated rings. The van der Waals surface area contributed by atoms with Gasteiger partial charge in [-0.25, -0.2) is 4.39 Å². The lowest BCUT2D eigenvalue weighted by Crippen LogP contribution is -2.18. The topological polar surface area (TPSA) is 61.8 Å². The second kappa shape index (κ2) is 6.06. The van der Waals surface area contributed by atoms with Crippen molar-refractivity contribution >= 4 is 11.5 Å². The lowest BCUT2D eigenvalue weighted by molar-refractivity contribution is 0.318. The Labute approximate surface area is 116 Å². The number of amidine groups is 1. The molecule has 0 spiro atoms. The van der Waals surface area contributed by atoms with Crippen LogP contribution in [0.5, 0.6) is 0 Å². The summed E-state index contributed by atoms with van der Waals surface area (Å²) in [5.41, 5.74) is 7.69. The van der Waals surface area contributed by atoms with Crippen molar-refractivity contribution in [3.63, 3.8) is 0 Å². The summed E-state index contributed by atoms with van der Waals surface area (Å²) < 4.78 is 13.7. The third-order valence-corrected chi connectivity index (χ3v) is 3.04. The van der Waals surface area contributed by atoms with Crippen LogP contribution in [0.2, 0.25) is 0 Å². The molecule has 4 nitrogen and oxygen atoms in total. The van der Waals surface area contributed by atoms with Crippen LogP contribution in [0.15, 0.2) is 53.7 Å². The van der Waals surface area contributed by atoms with Gasteiger partial charge in [-0.15, -0.1) is 0 Å². The number of rotatable bonds is 4. The summed E-state index contributed by atoms with van der Waals surface area (Å²) in [6, 6.07) is 13.9. The normalized spacial score (nSPS) is 11.4. The van der Waals surface area contributed by atoms with Gasteiger partial charge in [-0.1, -0.05) is 41.6 Å². The Morgan fingerprint density at radius 2 is 1.85 bits per heavy atom. The average Bonchev–Trinajstić information content (AvgIpc) is 2.47. The Morgan fingerprint density at radius 3 is 2.45 bits per heavy atom. The van der Waals surface area contributed by atoms with E-state index in [9.17, 15) is 4.39 Å². The highest BCUT2D eigenvalue weighted by Crippen LogP contribution is 2.19. The van der Waals surface area contributed by atoms with Crippen molar-refractivity contribution in [1.82, 2.24) is 0 Å². The van der Waals surface area contributed by atoms with Crippen LogP contribution in [-0.2, 0) is 6.54 Å². The van der Waals surface area contributed by atoms with Crippen molar-refractivity contribution in [1.29, 1.82) is 0 Å². The Morgan fingerprint density at radius 1 is 1.20 bits per heavy atom. The maximum atomic E-state index is 13.7. The van der Waals surface area contributed by atoms with E-state index in [2.05, 4.69) is 5.16 Å². The van der Waals surface area contributed by atoms with Crippen molar-refractivity contribution in [3.8, 4) is 0 Å². The fourth-order valence-electron chi connectivity index (χ4n) is 1.96. The van der Waals surface area contributed by atoms with Crippen molar-refractivity contribution in [2.45, 2.75) is 6.54 Å². The summed E-state index contributed by atoms with van der Waals surface area (Å²) in [4.78, 5) is 1.83. The zero-order chi connectivity index (χ0) is 14.5. The molecule has 0 aliphatic rings. The minimum absolute atomic E-state index is 0.0685. The largest absolute Gasteiger partial charge is 0.409 e. The zero-order valence-electron chi connectivity index (χ0n) is 11.1. The van der Waals surface area contributed by atoms with Gasteiger partial charge in [0.2, 0.25) is 0 Å². The molecule has 2 rings (SSSR count). The summed E-state index contributed by atoms with van der Waals surface area (Å²) in [6.45, 7) is 0.567. The third-order valence-electron chi connectivity index (χ3n) is 3.04. The molecule has 2 aromatic rings. The molecular weight excluding hydrogens is 257 g/mol. The maximum Gasteiger partial charge on any atom is 0.170 e. The number of hydrogen-bond donors (Lipinski definition) is 2. The number of halogens is 1. The summed E-state index contributed by atoms with van der Waals surface area (Å²) in [5.74, 6) is -0.178. The second-order valence-corrected chi connectivity index (χ2v) is 4.49. The van der Waals surface area contributed by atoms with Crippen LogP contribution >= 0.6 is 0 Å². The molecule has 0 saturated heterocycles. The van der Waals surface area contributed by atoms with Gasteiger partial charge in [0.15, 0.2) is 5.84 Å². The first-order chi connectivity index (χ1) is 9.61. The summed E-state index contributed by atoms with van der Waals surface area (Å²) >= 11 is 0. The molecule has 0 bridgehead atoms. The molecule has 0 aliphatic carbocycles. The van der Waals surface area contributed by atoms with Crippen molar-refractivity contribution < 1.29 is 9.60 Å². The fourth-order valence-corrected chi connectivity index (χ4v) is 1.96. The van der Waals surface area contributed by atoms with Gasteiger partial charge in [0.25, 0.3) is 0 Å². The van der Waals surface area contributed by atoms with E-state index in [1.54, 1.807) is 30.3 Å². The van der Waals surface area contributed by atoms with Crippen LogP contribution in [-0.4, -0.2) is 18.1 Å². The highest BCUT2D eigenvalue weighted by Gasteiger charge is 2.07. The quantitative estimate of drug-likeness (QED) is 0.389. The summed E-state index contributed by atoms with van der Waals surface area (Å²) in [5, 5.41) is 11.5. The first kappa shape index (κ1) is 13.9. The number of nitrogens with zero attached hydrogens (tertiary/aromatic N) is 2. The van der Waals surface area contributed by atoms with Gasteiger partial charge in [-0.05, 0) is 17.7 Å². The molecule has 0 atom stereocenters. The number of benzene rings is 2. The summed E-state index contributed by atoms with van der Waals surface area (Å²) in [6.07, 6.45) is 0. The Balaban J connectivity index is 2.12. The molecule has 0 radical (unpaired) electrons. The number of anilines is 1. The number of hydrogen-bond acceptors (Lipinski definition) is 3. The average molecular weight is 273 g/mol. The van der Waals surface area contributed by atoms with Crippen molar-refractivity contribution in [3.05, 3.63) is 65.5 Å². The Bertz CT molecular complexity index is 611. The highest BCUT2D eigenvalue weighted by molar-refractivity contribution is 5.96. The van der Waals surface area contributed by atoms with E-state index < -0.39 is 0 Å². The van der Waals surface area contributed by atoms with E-state index in [-0.39, 0.29) is 11.7 Å². The molecule has 3 N–H and O–H groups in total. The fraction of sp³-hybridized carbons (Fsp3) is 0.133. The Hall–Kier alpha value is -2.56. The van der Waals surface area contributed by atoms with E-state index >= 15 is 0 Å². The molecule has 0 saturated carbocycles. The number of nitrogens with two attached hydrogens (primary N) is 1. The van der Waals surface area contributed by atoms with Crippen LogP contribution < -0.4 is 10.6 Å². The molecular formula is C15H16FN3O. The molecule has 5 heteroatoms. The lowest BCUT2D eigenvalue weighted by Gasteiger charge is -2.20. The van der Waals surface area contributed by atoms with Crippen LogP contribution in [0, 0.1) is 5.82 Å². The van der Waals surface area contributed by atoms with Gasteiger partial charge in [0.1, 0.15) is 5.82 Å². The predicted octanol–water partition coefficient (Wildman–Crippen LogP) is 2.56. The van der Waals surface area contributed by atoms with E-state index in [0.717, 1.165) is 5.56 Å².